The Morgan fingerprint density at radius 3 is 2.75 bits per heavy atom. The van der Waals surface area contributed by atoms with Crippen molar-refractivity contribution in [3.63, 3.8) is 0 Å². The van der Waals surface area contributed by atoms with Gasteiger partial charge < -0.3 is 9.64 Å². The van der Waals surface area contributed by atoms with Crippen LogP contribution in [0.2, 0.25) is 0 Å². The molecule has 1 saturated heterocycles. The molecule has 94 valence electrons. The van der Waals surface area contributed by atoms with Crippen molar-refractivity contribution in [1.82, 2.24) is 4.90 Å². The predicted octanol–water partition coefficient (Wildman–Crippen LogP) is 2.13. The number of carbonyl (C=O) groups excluding carboxylic acids is 1. The molecule has 0 aliphatic carbocycles. The summed E-state index contributed by atoms with van der Waals surface area (Å²) in [5, 5.41) is -0.378. The summed E-state index contributed by atoms with van der Waals surface area (Å²) in [4.78, 5) is 13.8. The third-order valence-corrected chi connectivity index (χ3v) is 3.95. The number of rotatable bonds is 4. The minimum absolute atomic E-state index is 0.0656. The van der Waals surface area contributed by atoms with Crippen molar-refractivity contribution in [1.29, 1.82) is 0 Å². The Bertz CT molecular complexity index is 255. The van der Waals surface area contributed by atoms with Crippen LogP contribution in [-0.4, -0.2) is 43.0 Å². The van der Waals surface area contributed by atoms with Gasteiger partial charge in [-0.15, -0.1) is 11.6 Å². The van der Waals surface area contributed by atoms with Gasteiger partial charge in [-0.25, -0.2) is 0 Å². The van der Waals surface area contributed by atoms with Crippen LogP contribution < -0.4 is 0 Å². The van der Waals surface area contributed by atoms with E-state index in [1.165, 1.54) is 0 Å². The Morgan fingerprint density at radius 2 is 2.25 bits per heavy atom. The molecule has 0 aromatic rings. The molecule has 0 aromatic heterocycles. The number of alkyl halides is 1. The van der Waals surface area contributed by atoms with E-state index in [4.69, 9.17) is 16.3 Å². The van der Waals surface area contributed by atoms with Gasteiger partial charge in [0.05, 0.1) is 6.61 Å². The molecule has 1 rings (SSSR count). The predicted molar refractivity (Wildman–Crippen MR) is 65.7 cm³/mol. The summed E-state index contributed by atoms with van der Waals surface area (Å²) < 4.78 is 5.21. The molecule has 0 aromatic carbocycles. The Labute approximate surface area is 103 Å². The second kappa shape index (κ2) is 5.37. The van der Waals surface area contributed by atoms with Crippen LogP contribution in [0.5, 0.6) is 0 Å². The second-order valence-corrected chi connectivity index (χ2v) is 5.76. The van der Waals surface area contributed by atoms with Crippen molar-refractivity contribution < 1.29 is 9.53 Å². The van der Waals surface area contributed by atoms with Gasteiger partial charge in [-0.3, -0.25) is 4.79 Å². The normalized spacial score (nSPS) is 25.8. The molecule has 1 heterocycles. The van der Waals surface area contributed by atoms with Gasteiger partial charge in [-0.2, -0.15) is 0 Å². The standard InChI is InChI=1S/C12H22ClNO2/c1-5-10(13)11(15)14-6-9(7-16-4)12(2,3)8-14/h9-10H,5-8H2,1-4H3/t9-,10+/m0/s1. The van der Waals surface area contributed by atoms with Crippen LogP contribution in [0, 0.1) is 11.3 Å². The molecule has 4 heteroatoms. The minimum atomic E-state index is -0.378. The van der Waals surface area contributed by atoms with Gasteiger partial charge in [0.1, 0.15) is 5.38 Å². The van der Waals surface area contributed by atoms with Gasteiger partial charge in [0.2, 0.25) is 5.91 Å². The largest absolute Gasteiger partial charge is 0.384 e. The number of ether oxygens (including phenoxy) is 1. The topological polar surface area (TPSA) is 29.5 Å². The van der Waals surface area contributed by atoms with Crippen molar-refractivity contribution in [2.45, 2.75) is 32.6 Å². The molecule has 16 heavy (non-hydrogen) atoms. The van der Waals surface area contributed by atoms with E-state index >= 15 is 0 Å². The van der Waals surface area contributed by atoms with Crippen LogP contribution in [-0.2, 0) is 9.53 Å². The lowest BCUT2D eigenvalue weighted by Crippen LogP contribution is -2.35. The molecule has 0 radical (unpaired) electrons. The van der Waals surface area contributed by atoms with E-state index < -0.39 is 0 Å². The van der Waals surface area contributed by atoms with Crippen molar-refractivity contribution in [2.75, 3.05) is 26.8 Å². The summed E-state index contributed by atoms with van der Waals surface area (Å²) in [6.45, 7) is 8.55. The minimum Gasteiger partial charge on any atom is -0.384 e. The van der Waals surface area contributed by atoms with Gasteiger partial charge >= 0.3 is 0 Å². The number of nitrogens with zero attached hydrogens (tertiary/aromatic N) is 1. The van der Waals surface area contributed by atoms with E-state index in [1.54, 1.807) is 7.11 Å². The van der Waals surface area contributed by atoms with E-state index in [0.29, 0.717) is 18.9 Å². The van der Waals surface area contributed by atoms with Crippen LogP contribution in [0.15, 0.2) is 0 Å². The summed E-state index contributed by atoms with van der Waals surface area (Å²) in [6, 6.07) is 0. The van der Waals surface area contributed by atoms with Crippen molar-refractivity contribution in [2.24, 2.45) is 11.3 Å². The van der Waals surface area contributed by atoms with Crippen LogP contribution >= 0.6 is 11.6 Å². The average Bonchev–Trinajstić information content (AvgIpc) is 2.53. The summed E-state index contributed by atoms with van der Waals surface area (Å²) in [5.41, 5.74) is 0.121. The van der Waals surface area contributed by atoms with Gasteiger partial charge in [0.25, 0.3) is 0 Å². The molecular weight excluding hydrogens is 226 g/mol. The average molecular weight is 248 g/mol. The third kappa shape index (κ3) is 2.89. The van der Waals surface area contributed by atoms with Gasteiger partial charge in [-0.05, 0) is 11.8 Å². The number of halogens is 1. The van der Waals surface area contributed by atoms with Crippen LogP contribution in [0.25, 0.3) is 0 Å². The van der Waals surface area contributed by atoms with E-state index in [-0.39, 0.29) is 16.7 Å². The first-order chi connectivity index (χ1) is 7.42. The highest BCUT2D eigenvalue weighted by atomic mass is 35.5. The molecule has 0 N–H and O–H groups in total. The SMILES string of the molecule is CC[C@@H](Cl)C(=O)N1C[C@@H](COC)C(C)(C)C1. The van der Waals surface area contributed by atoms with Gasteiger partial charge in [-0.1, -0.05) is 20.8 Å². The van der Waals surface area contributed by atoms with Crippen molar-refractivity contribution in [3.05, 3.63) is 0 Å². The fourth-order valence-electron chi connectivity index (χ4n) is 2.22. The summed E-state index contributed by atoms with van der Waals surface area (Å²) in [6.07, 6.45) is 0.687. The molecule has 2 atom stereocenters. The fourth-order valence-corrected chi connectivity index (χ4v) is 2.36. The number of hydrogen-bond donors (Lipinski definition) is 0. The quantitative estimate of drug-likeness (QED) is 0.713. The fraction of sp³-hybridized carbons (Fsp3) is 0.917. The highest BCUT2D eigenvalue weighted by Gasteiger charge is 2.41. The van der Waals surface area contributed by atoms with Crippen LogP contribution in [0.3, 0.4) is 0 Å². The summed E-state index contributed by atoms with van der Waals surface area (Å²) in [7, 11) is 1.71. The third-order valence-electron chi connectivity index (χ3n) is 3.45. The summed E-state index contributed by atoms with van der Waals surface area (Å²) >= 11 is 5.99. The highest BCUT2D eigenvalue weighted by molar-refractivity contribution is 6.30. The molecule has 1 aliphatic rings. The number of methoxy groups -OCH3 is 1. The monoisotopic (exact) mass is 247 g/mol. The number of likely N-dealkylation sites (tertiary alicyclic amines) is 1. The number of carbonyl (C=O) groups is 1. The van der Waals surface area contributed by atoms with Crippen molar-refractivity contribution >= 4 is 17.5 Å². The maximum Gasteiger partial charge on any atom is 0.240 e. The highest BCUT2D eigenvalue weighted by Crippen LogP contribution is 2.35. The van der Waals surface area contributed by atoms with E-state index in [0.717, 1.165) is 13.1 Å². The molecule has 0 unspecified atom stereocenters. The van der Waals surface area contributed by atoms with Gasteiger partial charge in [0.15, 0.2) is 0 Å². The Balaban J connectivity index is 2.64. The first-order valence-electron chi connectivity index (χ1n) is 5.84. The Hall–Kier alpha value is -0.280. The molecule has 0 spiro atoms. The molecule has 0 bridgehead atoms. The zero-order valence-electron chi connectivity index (χ0n) is 10.6. The van der Waals surface area contributed by atoms with E-state index in [1.807, 2.05) is 11.8 Å². The zero-order chi connectivity index (χ0) is 12.3. The molecular formula is C12H22ClNO2. The first kappa shape index (κ1) is 13.8. The van der Waals surface area contributed by atoms with Crippen molar-refractivity contribution in [3.8, 4) is 0 Å². The smallest absolute Gasteiger partial charge is 0.240 e. The van der Waals surface area contributed by atoms with E-state index in [9.17, 15) is 4.79 Å². The Kier molecular flexibility index (Phi) is 4.62. The first-order valence-corrected chi connectivity index (χ1v) is 6.27. The summed E-state index contributed by atoms with van der Waals surface area (Å²) in [5.74, 6) is 0.470. The maximum absolute atomic E-state index is 12.0. The molecule has 1 aliphatic heterocycles. The lowest BCUT2D eigenvalue weighted by molar-refractivity contribution is -0.130. The number of hydrogen-bond acceptors (Lipinski definition) is 2. The van der Waals surface area contributed by atoms with Crippen LogP contribution in [0.1, 0.15) is 27.2 Å². The zero-order valence-corrected chi connectivity index (χ0v) is 11.4. The molecule has 3 nitrogen and oxygen atoms in total. The number of amides is 1. The molecule has 0 saturated carbocycles. The second-order valence-electron chi connectivity index (χ2n) is 5.24. The van der Waals surface area contributed by atoms with Gasteiger partial charge in [0, 0.05) is 26.1 Å². The van der Waals surface area contributed by atoms with Crippen LogP contribution in [0.4, 0.5) is 0 Å². The lowest BCUT2D eigenvalue weighted by atomic mass is 9.83. The Morgan fingerprint density at radius 1 is 1.62 bits per heavy atom. The van der Waals surface area contributed by atoms with E-state index in [2.05, 4.69) is 13.8 Å². The maximum atomic E-state index is 12.0. The lowest BCUT2D eigenvalue weighted by Gasteiger charge is -2.24. The molecule has 1 fully saturated rings. The molecule has 1 amide bonds.